The Morgan fingerprint density at radius 2 is 1.69 bits per heavy atom. The molecular weight excluding hydrogens is 399 g/mol. The van der Waals surface area contributed by atoms with E-state index >= 15 is 0 Å². The van der Waals surface area contributed by atoms with Crippen LogP contribution in [0, 0.1) is 0 Å². The fourth-order valence-electron chi connectivity index (χ4n) is 2.52. The van der Waals surface area contributed by atoms with Crippen molar-refractivity contribution < 1.29 is 17.9 Å². The standard InChI is InChI=1S/C17H16Cl2N2O4S/c18-12-1-4-14(5-2-12)26(23,24)20-13-3-6-16(19)15(11-13)17(22)21-7-9-25-10-8-21/h1-6,11,20H,7-10H2. The molecule has 9 heteroatoms. The van der Waals surface area contributed by atoms with E-state index in [-0.39, 0.29) is 27.1 Å². The fraction of sp³-hybridized carbons (Fsp3) is 0.235. The van der Waals surface area contributed by atoms with E-state index in [1.165, 1.54) is 42.5 Å². The second kappa shape index (κ2) is 7.84. The number of halogens is 2. The van der Waals surface area contributed by atoms with Crippen molar-refractivity contribution >= 4 is 44.8 Å². The lowest BCUT2D eigenvalue weighted by Gasteiger charge is -2.27. The van der Waals surface area contributed by atoms with Crippen LogP contribution in [-0.4, -0.2) is 45.5 Å². The van der Waals surface area contributed by atoms with Gasteiger partial charge in [0.05, 0.1) is 28.7 Å². The molecule has 3 rings (SSSR count). The number of carbonyl (C=O) groups is 1. The molecule has 0 unspecified atom stereocenters. The molecule has 0 aliphatic carbocycles. The van der Waals surface area contributed by atoms with Crippen molar-refractivity contribution in [3.63, 3.8) is 0 Å². The molecule has 138 valence electrons. The molecule has 0 bridgehead atoms. The van der Waals surface area contributed by atoms with Gasteiger partial charge in [-0.2, -0.15) is 0 Å². The number of nitrogens with one attached hydrogen (secondary N) is 1. The van der Waals surface area contributed by atoms with Gasteiger partial charge in [0, 0.05) is 23.8 Å². The third-order valence-corrected chi connectivity index (χ3v) is 5.85. The molecule has 0 radical (unpaired) electrons. The second-order valence-corrected chi connectivity index (χ2v) is 8.18. The van der Waals surface area contributed by atoms with Gasteiger partial charge in [0.1, 0.15) is 0 Å². The van der Waals surface area contributed by atoms with E-state index in [1.807, 2.05) is 0 Å². The van der Waals surface area contributed by atoms with Crippen LogP contribution in [0.25, 0.3) is 0 Å². The summed E-state index contributed by atoms with van der Waals surface area (Å²) in [5, 5.41) is 0.699. The predicted molar refractivity (Wildman–Crippen MR) is 100 cm³/mol. The zero-order valence-electron chi connectivity index (χ0n) is 13.6. The Morgan fingerprint density at radius 1 is 1.04 bits per heavy atom. The highest BCUT2D eigenvalue weighted by molar-refractivity contribution is 7.92. The molecule has 1 aliphatic rings. The van der Waals surface area contributed by atoms with Crippen molar-refractivity contribution in [1.82, 2.24) is 4.90 Å². The lowest BCUT2D eigenvalue weighted by molar-refractivity contribution is 0.0303. The van der Waals surface area contributed by atoms with Crippen LogP contribution in [0.4, 0.5) is 5.69 Å². The van der Waals surface area contributed by atoms with Crippen molar-refractivity contribution in [3.05, 3.63) is 58.1 Å². The highest BCUT2D eigenvalue weighted by Crippen LogP contribution is 2.25. The smallest absolute Gasteiger partial charge is 0.261 e. The minimum absolute atomic E-state index is 0.0675. The van der Waals surface area contributed by atoms with Gasteiger partial charge >= 0.3 is 0 Å². The van der Waals surface area contributed by atoms with Crippen molar-refractivity contribution in [1.29, 1.82) is 0 Å². The van der Waals surface area contributed by atoms with Gasteiger partial charge in [0.15, 0.2) is 0 Å². The Balaban J connectivity index is 1.85. The summed E-state index contributed by atoms with van der Waals surface area (Å²) >= 11 is 11.9. The fourth-order valence-corrected chi connectivity index (χ4v) is 3.89. The largest absolute Gasteiger partial charge is 0.378 e. The van der Waals surface area contributed by atoms with Gasteiger partial charge < -0.3 is 9.64 Å². The first-order valence-electron chi connectivity index (χ1n) is 7.82. The number of carbonyl (C=O) groups excluding carboxylic acids is 1. The Hall–Kier alpha value is -1.80. The molecular formula is C17H16Cl2N2O4S. The van der Waals surface area contributed by atoms with Gasteiger partial charge in [-0.25, -0.2) is 8.42 Å². The second-order valence-electron chi connectivity index (χ2n) is 5.66. The third kappa shape index (κ3) is 4.29. The van der Waals surface area contributed by atoms with Crippen LogP contribution in [0.1, 0.15) is 10.4 Å². The molecule has 1 saturated heterocycles. The van der Waals surface area contributed by atoms with Crippen LogP contribution in [0.5, 0.6) is 0 Å². The van der Waals surface area contributed by atoms with E-state index in [2.05, 4.69) is 4.72 Å². The number of rotatable bonds is 4. The third-order valence-electron chi connectivity index (χ3n) is 3.87. The maximum Gasteiger partial charge on any atom is 0.261 e. The summed E-state index contributed by atoms with van der Waals surface area (Å²) in [6.07, 6.45) is 0. The Bertz CT molecular complexity index is 911. The topological polar surface area (TPSA) is 75.7 Å². The van der Waals surface area contributed by atoms with Crippen LogP contribution < -0.4 is 4.72 Å². The number of anilines is 1. The Morgan fingerprint density at radius 3 is 2.35 bits per heavy atom. The summed E-state index contributed by atoms with van der Waals surface area (Å²) in [7, 11) is -3.81. The molecule has 1 amide bonds. The summed E-state index contributed by atoms with van der Waals surface area (Å²) in [6, 6.07) is 10.2. The van der Waals surface area contributed by atoms with E-state index in [0.717, 1.165) is 0 Å². The molecule has 1 aliphatic heterocycles. The van der Waals surface area contributed by atoms with Gasteiger partial charge in [-0.3, -0.25) is 9.52 Å². The van der Waals surface area contributed by atoms with Gasteiger partial charge in [-0.1, -0.05) is 23.2 Å². The van der Waals surface area contributed by atoms with Gasteiger partial charge in [-0.05, 0) is 42.5 Å². The van der Waals surface area contributed by atoms with E-state index in [1.54, 1.807) is 4.90 Å². The first-order chi connectivity index (χ1) is 12.4. The summed E-state index contributed by atoms with van der Waals surface area (Å²) < 4.78 is 32.7. The van der Waals surface area contributed by atoms with Gasteiger partial charge in [-0.15, -0.1) is 0 Å². The highest BCUT2D eigenvalue weighted by Gasteiger charge is 2.22. The number of hydrogen-bond donors (Lipinski definition) is 1. The molecule has 1 fully saturated rings. The lowest BCUT2D eigenvalue weighted by Crippen LogP contribution is -2.40. The van der Waals surface area contributed by atoms with Crippen LogP contribution in [0.3, 0.4) is 0 Å². The molecule has 0 saturated carbocycles. The molecule has 0 aromatic heterocycles. The number of hydrogen-bond acceptors (Lipinski definition) is 4. The zero-order valence-corrected chi connectivity index (χ0v) is 15.9. The summed E-state index contributed by atoms with van der Waals surface area (Å²) in [4.78, 5) is 14.3. The number of amides is 1. The van der Waals surface area contributed by atoms with Gasteiger partial charge in [0.2, 0.25) is 0 Å². The number of morpholine rings is 1. The molecule has 6 nitrogen and oxygen atoms in total. The van der Waals surface area contributed by atoms with Crippen LogP contribution in [0.2, 0.25) is 10.0 Å². The molecule has 1 N–H and O–H groups in total. The lowest BCUT2D eigenvalue weighted by atomic mass is 10.1. The number of nitrogens with zero attached hydrogens (tertiary/aromatic N) is 1. The van der Waals surface area contributed by atoms with E-state index in [0.29, 0.717) is 31.3 Å². The zero-order chi connectivity index (χ0) is 18.7. The minimum Gasteiger partial charge on any atom is -0.378 e. The maximum absolute atomic E-state index is 12.6. The molecule has 26 heavy (non-hydrogen) atoms. The molecule has 2 aromatic rings. The summed E-state index contributed by atoms with van der Waals surface area (Å²) in [5.74, 6) is -0.258. The Labute approximate surface area is 161 Å². The van der Waals surface area contributed by atoms with Gasteiger partial charge in [0.25, 0.3) is 15.9 Å². The van der Waals surface area contributed by atoms with Crippen molar-refractivity contribution in [2.45, 2.75) is 4.90 Å². The van der Waals surface area contributed by atoms with Crippen molar-refractivity contribution in [2.75, 3.05) is 31.0 Å². The average molecular weight is 415 g/mol. The Kier molecular flexibility index (Phi) is 5.72. The first kappa shape index (κ1) is 19.0. The summed E-state index contributed by atoms with van der Waals surface area (Å²) in [6.45, 7) is 1.87. The maximum atomic E-state index is 12.6. The normalized spacial score (nSPS) is 14.9. The first-order valence-corrected chi connectivity index (χ1v) is 10.1. The molecule has 1 heterocycles. The minimum atomic E-state index is -3.81. The SMILES string of the molecule is O=C(c1cc(NS(=O)(=O)c2ccc(Cl)cc2)ccc1Cl)N1CCOCC1. The van der Waals surface area contributed by atoms with Crippen LogP contribution in [0.15, 0.2) is 47.4 Å². The van der Waals surface area contributed by atoms with E-state index in [4.69, 9.17) is 27.9 Å². The average Bonchev–Trinajstić information content (AvgIpc) is 2.63. The van der Waals surface area contributed by atoms with E-state index in [9.17, 15) is 13.2 Å². The van der Waals surface area contributed by atoms with Crippen LogP contribution in [-0.2, 0) is 14.8 Å². The number of ether oxygens (including phenoxy) is 1. The molecule has 2 aromatic carbocycles. The quantitative estimate of drug-likeness (QED) is 0.832. The number of sulfonamides is 1. The van der Waals surface area contributed by atoms with Crippen LogP contribution >= 0.6 is 23.2 Å². The number of benzene rings is 2. The van der Waals surface area contributed by atoms with E-state index < -0.39 is 10.0 Å². The molecule has 0 atom stereocenters. The predicted octanol–water partition coefficient (Wildman–Crippen LogP) is 3.27. The van der Waals surface area contributed by atoms with Crippen molar-refractivity contribution in [2.24, 2.45) is 0 Å². The monoisotopic (exact) mass is 414 g/mol. The highest BCUT2D eigenvalue weighted by atomic mass is 35.5. The molecule has 0 spiro atoms. The van der Waals surface area contributed by atoms with Crippen molar-refractivity contribution in [3.8, 4) is 0 Å². The summed E-state index contributed by atoms with van der Waals surface area (Å²) in [5.41, 5.74) is 0.492.